The van der Waals surface area contributed by atoms with Crippen LogP contribution in [0.5, 0.6) is 5.75 Å². The molecule has 0 radical (unpaired) electrons. The molecule has 0 fully saturated rings. The first-order valence-corrected chi connectivity index (χ1v) is 6.10. The summed E-state index contributed by atoms with van der Waals surface area (Å²) >= 11 is 0. The lowest BCUT2D eigenvalue weighted by Gasteiger charge is -2.17. The third-order valence-electron chi connectivity index (χ3n) is 2.66. The fraction of sp³-hybridized carbons (Fsp3) is 0.571. The molecule has 0 saturated carbocycles. The average Bonchev–Trinajstić information content (AvgIpc) is 2.26. The minimum Gasteiger partial charge on any atom is -0.491 e. The second-order valence-corrected chi connectivity index (χ2v) is 4.72. The number of hydrogen-bond acceptors (Lipinski definition) is 3. The third kappa shape index (κ3) is 4.36. The second kappa shape index (κ2) is 6.62. The Hall–Kier alpha value is -1.06. The summed E-state index contributed by atoms with van der Waals surface area (Å²) in [7, 11) is 1.81. The Kier molecular flexibility index (Phi) is 5.45. The predicted molar refractivity (Wildman–Crippen MR) is 70.7 cm³/mol. The Bertz CT molecular complexity index is 350. The van der Waals surface area contributed by atoms with Gasteiger partial charge < -0.3 is 15.2 Å². The molecule has 1 atom stereocenters. The largest absolute Gasteiger partial charge is 0.491 e. The normalized spacial score (nSPS) is 12.8. The zero-order valence-corrected chi connectivity index (χ0v) is 11.2. The molecule has 0 saturated heterocycles. The topological polar surface area (TPSA) is 41.5 Å². The van der Waals surface area contributed by atoms with E-state index in [1.807, 2.05) is 20.0 Å². The minimum atomic E-state index is -0.472. The maximum absolute atomic E-state index is 9.62. The van der Waals surface area contributed by atoms with Crippen LogP contribution in [0.3, 0.4) is 0 Å². The molecule has 96 valence electrons. The van der Waals surface area contributed by atoms with E-state index in [4.69, 9.17) is 4.74 Å². The number of benzene rings is 1. The first-order chi connectivity index (χ1) is 8.04. The summed E-state index contributed by atoms with van der Waals surface area (Å²) in [5.41, 5.74) is 2.36. The number of ether oxygens (including phenoxy) is 1. The number of hydrogen-bond donors (Lipinski definition) is 2. The van der Waals surface area contributed by atoms with Gasteiger partial charge in [-0.05, 0) is 37.1 Å². The van der Waals surface area contributed by atoms with E-state index in [1.54, 1.807) is 0 Å². The van der Waals surface area contributed by atoms with E-state index in [0.717, 1.165) is 5.75 Å². The van der Waals surface area contributed by atoms with Crippen LogP contribution in [0, 0.1) is 6.92 Å². The molecule has 17 heavy (non-hydrogen) atoms. The first-order valence-electron chi connectivity index (χ1n) is 6.10. The molecule has 0 heterocycles. The van der Waals surface area contributed by atoms with E-state index in [1.165, 1.54) is 11.1 Å². The molecule has 3 nitrogen and oxygen atoms in total. The Morgan fingerprint density at radius 3 is 2.65 bits per heavy atom. The first kappa shape index (κ1) is 14.0. The highest BCUT2D eigenvalue weighted by molar-refractivity contribution is 5.39. The van der Waals surface area contributed by atoms with Gasteiger partial charge >= 0.3 is 0 Å². The summed E-state index contributed by atoms with van der Waals surface area (Å²) in [5, 5.41) is 12.5. The molecule has 2 N–H and O–H groups in total. The zero-order valence-electron chi connectivity index (χ0n) is 11.2. The number of aliphatic hydroxyl groups excluding tert-OH is 1. The van der Waals surface area contributed by atoms with Crippen molar-refractivity contribution in [2.45, 2.75) is 32.8 Å². The molecule has 1 aromatic rings. The zero-order chi connectivity index (χ0) is 12.8. The van der Waals surface area contributed by atoms with Crippen LogP contribution in [0.15, 0.2) is 18.2 Å². The molecule has 0 aliphatic rings. The van der Waals surface area contributed by atoms with Crippen molar-refractivity contribution in [1.82, 2.24) is 5.32 Å². The molecular formula is C14H23NO2. The van der Waals surface area contributed by atoms with Crippen LogP contribution in [-0.2, 0) is 0 Å². The Labute approximate surface area is 104 Å². The van der Waals surface area contributed by atoms with Crippen LogP contribution >= 0.6 is 0 Å². The minimum absolute atomic E-state index is 0.323. The van der Waals surface area contributed by atoms with Gasteiger partial charge in [0.05, 0.1) is 0 Å². The van der Waals surface area contributed by atoms with E-state index >= 15 is 0 Å². The summed E-state index contributed by atoms with van der Waals surface area (Å²) in [5.74, 6) is 1.31. The van der Waals surface area contributed by atoms with Crippen molar-refractivity contribution >= 4 is 0 Å². The summed E-state index contributed by atoms with van der Waals surface area (Å²) in [6.07, 6.45) is -0.472. The second-order valence-electron chi connectivity index (χ2n) is 4.72. The van der Waals surface area contributed by atoms with Crippen LogP contribution in [-0.4, -0.2) is 31.4 Å². The van der Waals surface area contributed by atoms with Gasteiger partial charge in [-0.15, -0.1) is 0 Å². The SMILES string of the molecule is CNCC(O)COc1cc(C)ccc1C(C)C. The standard InChI is InChI=1S/C14H23NO2/c1-10(2)13-6-5-11(3)7-14(13)17-9-12(16)8-15-4/h5-7,10,12,15-16H,8-9H2,1-4H3. The van der Waals surface area contributed by atoms with Gasteiger partial charge in [0.2, 0.25) is 0 Å². The van der Waals surface area contributed by atoms with Gasteiger partial charge in [-0.25, -0.2) is 0 Å². The molecule has 0 aliphatic carbocycles. The fourth-order valence-corrected chi connectivity index (χ4v) is 1.72. The highest BCUT2D eigenvalue weighted by atomic mass is 16.5. The Morgan fingerprint density at radius 2 is 2.06 bits per heavy atom. The average molecular weight is 237 g/mol. The molecule has 1 aromatic carbocycles. The predicted octanol–water partition coefficient (Wildman–Crippen LogP) is 2.08. The summed E-state index contributed by atoms with van der Waals surface area (Å²) in [4.78, 5) is 0. The third-order valence-corrected chi connectivity index (χ3v) is 2.66. The van der Waals surface area contributed by atoms with Crippen molar-refractivity contribution < 1.29 is 9.84 Å². The number of aryl methyl sites for hydroxylation is 1. The maximum atomic E-state index is 9.62. The monoisotopic (exact) mass is 237 g/mol. The number of rotatable bonds is 6. The fourth-order valence-electron chi connectivity index (χ4n) is 1.72. The van der Waals surface area contributed by atoms with Crippen molar-refractivity contribution in [2.24, 2.45) is 0 Å². The molecule has 0 spiro atoms. The van der Waals surface area contributed by atoms with Gasteiger partial charge in [-0.3, -0.25) is 0 Å². The van der Waals surface area contributed by atoms with Crippen molar-refractivity contribution in [2.75, 3.05) is 20.2 Å². The maximum Gasteiger partial charge on any atom is 0.123 e. The van der Waals surface area contributed by atoms with Crippen LogP contribution in [0.2, 0.25) is 0 Å². The lowest BCUT2D eigenvalue weighted by atomic mass is 10.0. The van der Waals surface area contributed by atoms with E-state index in [-0.39, 0.29) is 0 Å². The lowest BCUT2D eigenvalue weighted by Crippen LogP contribution is -2.29. The summed E-state index contributed by atoms with van der Waals surface area (Å²) < 4.78 is 5.70. The van der Waals surface area contributed by atoms with E-state index in [9.17, 15) is 5.11 Å². The number of likely N-dealkylation sites (N-methyl/N-ethyl adjacent to an activating group) is 1. The van der Waals surface area contributed by atoms with Gasteiger partial charge in [0.25, 0.3) is 0 Å². The molecular weight excluding hydrogens is 214 g/mol. The van der Waals surface area contributed by atoms with Gasteiger partial charge in [-0.2, -0.15) is 0 Å². The van der Waals surface area contributed by atoms with Crippen molar-refractivity contribution in [3.63, 3.8) is 0 Å². The van der Waals surface area contributed by atoms with Crippen LogP contribution in [0.25, 0.3) is 0 Å². The molecule has 0 amide bonds. The van der Waals surface area contributed by atoms with E-state index in [0.29, 0.717) is 19.1 Å². The van der Waals surface area contributed by atoms with E-state index < -0.39 is 6.10 Å². The summed E-state index contributed by atoms with van der Waals surface area (Å²) in [6, 6.07) is 6.22. The molecule has 1 unspecified atom stereocenters. The molecule has 0 aliphatic heterocycles. The molecule has 3 heteroatoms. The van der Waals surface area contributed by atoms with Gasteiger partial charge in [0.1, 0.15) is 18.5 Å². The van der Waals surface area contributed by atoms with Crippen LogP contribution < -0.4 is 10.1 Å². The van der Waals surface area contributed by atoms with Gasteiger partial charge in [0, 0.05) is 6.54 Å². The Morgan fingerprint density at radius 1 is 1.35 bits per heavy atom. The molecule has 0 bridgehead atoms. The number of aliphatic hydroxyl groups is 1. The van der Waals surface area contributed by atoms with Crippen molar-refractivity contribution in [3.8, 4) is 5.75 Å². The number of nitrogens with one attached hydrogen (secondary N) is 1. The van der Waals surface area contributed by atoms with Crippen molar-refractivity contribution in [1.29, 1.82) is 0 Å². The molecule has 0 aromatic heterocycles. The molecule has 1 rings (SSSR count). The van der Waals surface area contributed by atoms with Crippen molar-refractivity contribution in [3.05, 3.63) is 29.3 Å². The highest BCUT2D eigenvalue weighted by Crippen LogP contribution is 2.27. The quantitative estimate of drug-likeness (QED) is 0.796. The highest BCUT2D eigenvalue weighted by Gasteiger charge is 2.10. The van der Waals surface area contributed by atoms with Gasteiger partial charge in [0.15, 0.2) is 0 Å². The Balaban J connectivity index is 2.71. The van der Waals surface area contributed by atoms with Crippen LogP contribution in [0.1, 0.15) is 30.9 Å². The summed E-state index contributed by atoms with van der Waals surface area (Å²) in [6.45, 7) is 7.19. The van der Waals surface area contributed by atoms with Gasteiger partial charge in [-0.1, -0.05) is 26.0 Å². The van der Waals surface area contributed by atoms with E-state index in [2.05, 4.69) is 31.3 Å². The lowest BCUT2D eigenvalue weighted by molar-refractivity contribution is 0.107. The van der Waals surface area contributed by atoms with Crippen LogP contribution in [0.4, 0.5) is 0 Å². The smallest absolute Gasteiger partial charge is 0.123 e.